The van der Waals surface area contributed by atoms with Crippen molar-refractivity contribution in [3.05, 3.63) is 92.6 Å². The molecule has 0 bridgehead atoms. The minimum atomic E-state index is -4.01. The molecule has 0 aliphatic carbocycles. The van der Waals surface area contributed by atoms with Crippen LogP contribution in [0.4, 0.5) is 5.13 Å². The predicted octanol–water partition coefficient (Wildman–Crippen LogP) is 5.05. The van der Waals surface area contributed by atoms with E-state index in [1.165, 1.54) is 20.3 Å². The third-order valence-electron chi connectivity index (χ3n) is 6.91. The molecule has 0 atom stereocenters. The van der Waals surface area contributed by atoms with Gasteiger partial charge in [-0.25, -0.2) is 27.5 Å². The Balaban J connectivity index is 1.43. The number of hydrogen-bond donors (Lipinski definition) is 0. The Morgan fingerprint density at radius 1 is 1.05 bits per heavy atom. The average Bonchev–Trinajstić information content (AvgIpc) is 3.73. The number of methoxy groups -OCH3 is 1. The zero-order chi connectivity index (χ0) is 31.3. The fourth-order valence-electron chi connectivity index (χ4n) is 4.49. The molecule has 0 saturated carbocycles. The summed E-state index contributed by atoms with van der Waals surface area (Å²) in [5.41, 5.74) is 2.72. The van der Waals surface area contributed by atoms with Gasteiger partial charge in [0.25, 0.3) is 10.0 Å². The highest BCUT2D eigenvalue weighted by atomic mass is 32.2. The van der Waals surface area contributed by atoms with E-state index in [-0.39, 0.29) is 23.2 Å². The second-order valence-corrected chi connectivity index (χ2v) is 14.1. The first-order valence-electron chi connectivity index (χ1n) is 14.0. The van der Waals surface area contributed by atoms with Crippen LogP contribution in [0.2, 0.25) is 0 Å². The lowest BCUT2D eigenvalue weighted by atomic mass is 10.1. The Bertz CT molecular complexity index is 1840. The van der Waals surface area contributed by atoms with Gasteiger partial charge in [0.05, 0.1) is 25.5 Å². The molecule has 5 aromatic rings. The number of thiazole rings is 1. The number of aryl methyl sites for hydroxylation is 3. The Labute approximate surface area is 264 Å². The highest BCUT2D eigenvalue weighted by Gasteiger charge is 2.32. The van der Waals surface area contributed by atoms with E-state index in [0.717, 1.165) is 39.5 Å². The number of pyridine rings is 1. The molecular formula is C30H34N6O5S3. The first-order chi connectivity index (χ1) is 21.2. The summed E-state index contributed by atoms with van der Waals surface area (Å²) in [5.74, 6) is 1.15. The number of nitrogens with zero attached hydrogens (tertiary/aromatic N) is 6. The molecule has 0 aliphatic heterocycles. The molecule has 44 heavy (non-hydrogen) atoms. The Morgan fingerprint density at radius 2 is 1.84 bits per heavy atom. The minimum absolute atomic E-state index is 0.185. The van der Waals surface area contributed by atoms with Gasteiger partial charge in [-0.3, -0.25) is 4.57 Å². The van der Waals surface area contributed by atoms with Crippen molar-refractivity contribution in [1.29, 1.82) is 0 Å². The standard InChI is InChI=1S/C30H34N6O5S3/c1-5-8-27-33-36(26-9-6-7-15-31-26)30(37)34(27)19-23-10-12-24(13-11-23)25-14-18-42-28(25)44(38,39)35(20-41-17-16-40-4)29-32-21(2)22(3)43-29/h6-7,9-15,18H,5,8,16-17,19-20H2,1-4H3. The van der Waals surface area contributed by atoms with Gasteiger partial charge >= 0.3 is 5.69 Å². The maximum absolute atomic E-state index is 14.1. The van der Waals surface area contributed by atoms with E-state index >= 15 is 0 Å². The van der Waals surface area contributed by atoms with Gasteiger partial charge in [-0.2, -0.15) is 4.68 Å². The van der Waals surface area contributed by atoms with Gasteiger partial charge in [-0.15, -0.1) is 27.8 Å². The van der Waals surface area contributed by atoms with Crippen molar-refractivity contribution in [3.63, 3.8) is 0 Å². The summed E-state index contributed by atoms with van der Waals surface area (Å²) >= 11 is 2.46. The Hall–Kier alpha value is -3.69. The van der Waals surface area contributed by atoms with Crippen LogP contribution in [0.15, 0.2) is 69.1 Å². The first kappa shape index (κ1) is 31.7. The normalized spacial score (nSPS) is 11.7. The molecule has 0 unspecified atom stereocenters. The molecule has 0 aliphatic rings. The lowest BCUT2D eigenvalue weighted by Crippen LogP contribution is -2.33. The molecule has 4 heterocycles. The van der Waals surface area contributed by atoms with Crippen LogP contribution < -0.4 is 9.99 Å². The van der Waals surface area contributed by atoms with Crippen molar-refractivity contribution < 1.29 is 17.9 Å². The summed E-state index contributed by atoms with van der Waals surface area (Å²) in [6.45, 7) is 6.53. The van der Waals surface area contributed by atoms with Crippen LogP contribution in [0, 0.1) is 13.8 Å². The summed E-state index contributed by atoms with van der Waals surface area (Å²) in [6, 6.07) is 14.7. The van der Waals surface area contributed by atoms with E-state index in [4.69, 9.17) is 9.47 Å². The summed E-state index contributed by atoms with van der Waals surface area (Å²) in [7, 11) is -2.45. The van der Waals surface area contributed by atoms with E-state index < -0.39 is 10.0 Å². The first-order valence-corrected chi connectivity index (χ1v) is 17.2. The number of ether oxygens (including phenoxy) is 2. The van der Waals surface area contributed by atoms with Crippen LogP contribution in [-0.4, -0.2) is 59.8 Å². The second-order valence-electron chi connectivity index (χ2n) is 9.98. The van der Waals surface area contributed by atoms with Gasteiger partial charge in [0.15, 0.2) is 5.82 Å². The van der Waals surface area contributed by atoms with E-state index in [0.29, 0.717) is 41.9 Å². The third-order valence-corrected chi connectivity index (χ3v) is 11.3. The van der Waals surface area contributed by atoms with Gasteiger partial charge in [-0.1, -0.05) is 37.3 Å². The lowest BCUT2D eigenvalue weighted by Gasteiger charge is -2.21. The summed E-state index contributed by atoms with van der Waals surface area (Å²) in [5, 5.41) is 6.67. The number of anilines is 1. The van der Waals surface area contributed by atoms with E-state index in [1.807, 2.05) is 51.1 Å². The van der Waals surface area contributed by atoms with Crippen LogP contribution in [-0.2, 0) is 32.5 Å². The topological polar surface area (TPSA) is 121 Å². The number of benzene rings is 1. The largest absolute Gasteiger partial charge is 0.382 e. The molecule has 232 valence electrons. The van der Waals surface area contributed by atoms with Gasteiger partial charge in [-0.05, 0) is 55.0 Å². The highest BCUT2D eigenvalue weighted by Crippen LogP contribution is 2.37. The van der Waals surface area contributed by atoms with Crippen LogP contribution in [0.5, 0.6) is 0 Å². The van der Waals surface area contributed by atoms with Gasteiger partial charge in [0.1, 0.15) is 16.8 Å². The van der Waals surface area contributed by atoms with Gasteiger partial charge < -0.3 is 9.47 Å². The van der Waals surface area contributed by atoms with Crippen LogP contribution in [0.25, 0.3) is 16.9 Å². The van der Waals surface area contributed by atoms with E-state index in [2.05, 4.69) is 15.1 Å². The second kappa shape index (κ2) is 13.9. The van der Waals surface area contributed by atoms with Crippen molar-refractivity contribution in [1.82, 2.24) is 24.3 Å². The fraction of sp³-hybridized carbons (Fsp3) is 0.333. The summed E-state index contributed by atoms with van der Waals surface area (Å²) in [4.78, 5) is 23.0. The Morgan fingerprint density at radius 3 is 2.50 bits per heavy atom. The molecule has 1 aromatic carbocycles. The molecule has 0 N–H and O–H groups in total. The monoisotopic (exact) mass is 654 g/mol. The smallest absolute Gasteiger partial charge is 0.352 e. The van der Waals surface area contributed by atoms with Crippen LogP contribution in [0.3, 0.4) is 0 Å². The molecule has 4 aromatic heterocycles. The van der Waals surface area contributed by atoms with Crippen LogP contribution in [0.1, 0.15) is 35.3 Å². The molecule has 14 heteroatoms. The van der Waals surface area contributed by atoms with E-state index in [1.54, 1.807) is 41.5 Å². The molecule has 11 nitrogen and oxygen atoms in total. The number of sulfonamides is 1. The van der Waals surface area contributed by atoms with Crippen molar-refractivity contribution in [2.75, 3.05) is 31.4 Å². The van der Waals surface area contributed by atoms with Crippen molar-refractivity contribution >= 4 is 37.8 Å². The maximum Gasteiger partial charge on any atom is 0.352 e. The summed E-state index contributed by atoms with van der Waals surface area (Å²) < 4.78 is 43.3. The zero-order valence-corrected chi connectivity index (χ0v) is 27.4. The van der Waals surface area contributed by atoms with Gasteiger partial charge in [0, 0.05) is 30.2 Å². The molecule has 0 spiro atoms. The average molecular weight is 655 g/mol. The molecule has 0 saturated heterocycles. The zero-order valence-electron chi connectivity index (χ0n) is 25.0. The maximum atomic E-state index is 14.1. The third kappa shape index (κ3) is 6.69. The molecule has 0 amide bonds. The number of thiophene rings is 1. The molecular weight excluding hydrogens is 621 g/mol. The number of hydrogen-bond acceptors (Lipinski definition) is 10. The molecule has 0 radical (unpaired) electrons. The quantitative estimate of drug-likeness (QED) is 0.121. The summed E-state index contributed by atoms with van der Waals surface area (Å²) in [6.07, 6.45) is 3.11. The molecule has 5 rings (SSSR count). The fourth-order valence-corrected chi connectivity index (χ4v) is 8.39. The molecule has 0 fully saturated rings. The van der Waals surface area contributed by atoms with Crippen molar-refractivity contribution in [2.45, 2.75) is 44.4 Å². The van der Waals surface area contributed by atoms with Crippen LogP contribution >= 0.6 is 22.7 Å². The number of aromatic nitrogens is 5. The lowest BCUT2D eigenvalue weighted by molar-refractivity contribution is 0.0756. The minimum Gasteiger partial charge on any atom is -0.382 e. The number of rotatable bonds is 14. The Kier molecular flexibility index (Phi) is 10.1. The van der Waals surface area contributed by atoms with Crippen molar-refractivity contribution in [3.8, 4) is 16.9 Å². The van der Waals surface area contributed by atoms with Gasteiger partial charge in [0.2, 0.25) is 5.13 Å². The predicted molar refractivity (Wildman–Crippen MR) is 172 cm³/mol. The van der Waals surface area contributed by atoms with E-state index in [9.17, 15) is 13.2 Å². The highest BCUT2D eigenvalue weighted by molar-refractivity contribution is 7.95. The SMILES string of the molecule is CCCc1nn(-c2ccccn2)c(=O)n1Cc1ccc(-c2ccsc2S(=O)(=O)N(COCCOC)c2nc(C)c(C)s2)cc1. The van der Waals surface area contributed by atoms with Crippen molar-refractivity contribution in [2.24, 2.45) is 0 Å².